The number of amides is 2. The number of benzene rings is 4. The fraction of sp³-hybridized carbons (Fsp3) is 0.226. The number of carbonyl (C=O) groups is 2. The number of likely N-dealkylation sites (tertiary alicyclic amines) is 1. The van der Waals surface area contributed by atoms with Crippen molar-refractivity contribution < 1.29 is 9.59 Å². The Morgan fingerprint density at radius 1 is 0.556 bits per heavy atom. The second-order valence-electron chi connectivity index (χ2n) is 9.70. The van der Waals surface area contributed by atoms with Crippen molar-refractivity contribution in [1.29, 1.82) is 0 Å². The van der Waals surface area contributed by atoms with Gasteiger partial charge in [-0.1, -0.05) is 66.7 Å². The van der Waals surface area contributed by atoms with E-state index < -0.39 is 0 Å². The molecule has 0 N–H and O–H groups in total. The molecule has 2 fully saturated rings. The monoisotopic (exact) mass is 475 g/mol. The maximum atomic E-state index is 13.1. The number of hydrogen-bond donors (Lipinski definition) is 0. The molecule has 4 aromatic carbocycles. The van der Waals surface area contributed by atoms with E-state index in [2.05, 4.69) is 41.3 Å². The maximum Gasteiger partial charge on any atom is 0.253 e. The van der Waals surface area contributed by atoms with Crippen molar-refractivity contribution in [3.63, 3.8) is 0 Å². The molecule has 0 saturated carbocycles. The van der Waals surface area contributed by atoms with Crippen molar-refractivity contribution in [3.05, 3.63) is 108 Å². The molecule has 2 heterocycles. The lowest BCUT2D eigenvalue weighted by molar-refractivity contribution is 0.00854. The molecular formula is C31H29N3O2. The Morgan fingerprint density at radius 3 is 1.89 bits per heavy atom. The Balaban J connectivity index is 1.05. The summed E-state index contributed by atoms with van der Waals surface area (Å²) in [6, 6.07) is 32.6. The molecule has 2 aliphatic rings. The SMILES string of the molecule is O=C(c1ccccc1)N1CCN(C2CN(C(=O)c3ccc4cc(-c5ccccc5)ccc4c3)C2)CC1. The van der Waals surface area contributed by atoms with Crippen LogP contribution in [0.1, 0.15) is 20.7 Å². The zero-order valence-electron chi connectivity index (χ0n) is 20.2. The van der Waals surface area contributed by atoms with Crippen LogP contribution in [0.5, 0.6) is 0 Å². The van der Waals surface area contributed by atoms with Crippen LogP contribution in [0.2, 0.25) is 0 Å². The second kappa shape index (κ2) is 9.59. The van der Waals surface area contributed by atoms with Crippen molar-refractivity contribution in [2.24, 2.45) is 0 Å². The van der Waals surface area contributed by atoms with Crippen LogP contribution in [0.25, 0.3) is 21.9 Å². The quantitative estimate of drug-likeness (QED) is 0.426. The highest BCUT2D eigenvalue weighted by Gasteiger charge is 2.37. The van der Waals surface area contributed by atoms with E-state index in [0.717, 1.165) is 61.2 Å². The Hall–Kier alpha value is -3.96. The van der Waals surface area contributed by atoms with Gasteiger partial charge < -0.3 is 9.80 Å². The standard InChI is InChI=1S/C31H29N3O2/c35-30(24-9-5-2-6-10-24)33-17-15-32(16-18-33)29-21-34(22-29)31(36)28-14-13-26-19-25(11-12-27(26)20-28)23-7-3-1-4-8-23/h1-14,19-20,29H,15-18,21-22H2. The largest absolute Gasteiger partial charge is 0.336 e. The summed E-state index contributed by atoms with van der Waals surface area (Å²) in [7, 11) is 0. The molecule has 2 amide bonds. The summed E-state index contributed by atoms with van der Waals surface area (Å²) in [5, 5.41) is 2.22. The topological polar surface area (TPSA) is 43.9 Å². The van der Waals surface area contributed by atoms with Crippen LogP contribution in [-0.4, -0.2) is 71.8 Å². The third-order valence-corrected chi connectivity index (χ3v) is 7.48. The Kier molecular flexibility index (Phi) is 5.99. The summed E-state index contributed by atoms with van der Waals surface area (Å²) in [5.41, 5.74) is 3.86. The minimum atomic E-state index is 0.0955. The smallest absolute Gasteiger partial charge is 0.253 e. The van der Waals surface area contributed by atoms with Gasteiger partial charge in [0, 0.05) is 56.4 Å². The van der Waals surface area contributed by atoms with Crippen LogP contribution in [0.15, 0.2) is 97.1 Å². The Labute approximate surface area is 211 Å². The van der Waals surface area contributed by atoms with Gasteiger partial charge in [0.1, 0.15) is 0 Å². The molecule has 0 spiro atoms. The lowest BCUT2D eigenvalue weighted by Gasteiger charge is -2.48. The van der Waals surface area contributed by atoms with Crippen molar-refractivity contribution in [2.75, 3.05) is 39.3 Å². The van der Waals surface area contributed by atoms with E-state index in [4.69, 9.17) is 0 Å². The average Bonchev–Trinajstić information content (AvgIpc) is 2.92. The highest BCUT2D eigenvalue weighted by molar-refractivity contribution is 5.99. The third-order valence-electron chi connectivity index (χ3n) is 7.48. The molecule has 180 valence electrons. The molecule has 0 unspecified atom stereocenters. The average molecular weight is 476 g/mol. The molecule has 36 heavy (non-hydrogen) atoms. The van der Waals surface area contributed by atoms with Crippen molar-refractivity contribution >= 4 is 22.6 Å². The summed E-state index contributed by atoms with van der Waals surface area (Å²) in [6.07, 6.45) is 0. The molecule has 0 aliphatic carbocycles. The minimum absolute atomic E-state index is 0.0955. The lowest BCUT2D eigenvalue weighted by Crippen LogP contribution is -2.64. The molecule has 0 bridgehead atoms. The van der Waals surface area contributed by atoms with Gasteiger partial charge in [0.25, 0.3) is 11.8 Å². The minimum Gasteiger partial charge on any atom is -0.336 e. The summed E-state index contributed by atoms with van der Waals surface area (Å²) < 4.78 is 0. The van der Waals surface area contributed by atoms with Gasteiger partial charge in [-0.25, -0.2) is 0 Å². The molecule has 2 saturated heterocycles. The van der Waals surface area contributed by atoms with Crippen LogP contribution in [-0.2, 0) is 0 Å². The molecule has 0 atom stereocenters. The molecule has 0 aromatic heterocycles. The van der Waals surface area contributed by atoms with Gasteiger partial charge in [-0.05, 0) is 52.2 Å². The molecule has 2 aliphatic heterocycles. The van der Waals surface area contributed by atoms with Crippen LogP contribution in [0, 0.1) is 0 Å². The van der Waals surface area contributed by atoms with Gasteiger partial charge in [0.2, 0.25) is 0 Å². The predicted octanol–water partition coefficient (Wildman–Crippen LogP) is 4.79. The number of nitrogens with zero attached hydrogens (tertiary/aromatic N) is 3. The van der Waals surface area contributed by atoms with Gasteiger partial charge in [0.15, 0.2) is 0 Å². The summed E-state index contributed by atoms with van der Waals surface area (Å²) in [5.74, 6) is 0.200. The van der Waals surface area contributed by atoms with Crippen LogP contribution in [0.4, 0.5) is 0 Å². The zero-order valence-corrected chi connectivity index (χ0v) is 20.2. The van der Waals surface area contributed by atoms with E-state index in [1.54, 1.807) is 0 Å². The van der Waals surface area contributed by atoms with E-state index >= 15 is 0 Å². The highest BCUT2D eigenvalue weighted by Crippen LogP contribution is 2.26. The first-order valence-electron chi connectivity index (χ1n) is 12.6. The molecule has 0 radical (unpaired) electrons. The molecule has 6 rings (SSSR count). The molecule has 5 heteroatoms. The number of piperazine rings is 1. The number of hydrogen-bond acceptors (Lipinski definition) is 3. The normalized spacial score (nSPS) is 16.7. The van der Waals surface area contributed by atoms with E-state index in [1.165, 1.54) is 11.1 Å². The van der Waals surface area contributed by atoms with E-state index in [9.17, 15) is 9.59 Å². The first-order chi connectivity index (χ1) is 17.7. The fourth-order valence-corrected chi connectivity index (χ4v) is 5.28. The van der Waals surface area contributed by atoms with Gasteiger partial charge in [0.05, 0.1) is 0 Å². The zero-order chi connectivity index (χ0) is 24.5. The number of fused-ring (bicyclic) bond motifs is 1. The summed E-state index contributed by atoms with van der Waals surface area (Å²) >= 11 is 0. The van der Waals surface area contributed by atoms with Crippen molar-refractivity contribution in [2.45, 2.75) is 6.04 Å². The molecule has 5 nitrogen and oxygen atoms in total. The molecule has 4 aromatic rings. The number of rotatable bonds is 4. The van der Waals surface area contributed by atoms with Crippen LogP contribution in [0.3, 0.4) is 0 Å². The summed E-state index contributed by atoms with van der Waals surface area (Å²) in [4.78, 5) is 32.1. The van der Waals surface area contributed by atoms with Crippen LogP contribution >= 0.6 is 0 Å². The Bertz CT molecular complexity index is 1390. The maximum absolute atomic E-state index is 13.1. The van der Waals surface area contributed by atoms with Gasteiger partial charge >= 0.3 is 0 Å². The van der Waals surface area contributed by atoms with Crippen molar-refractivity contribution in [1.82, 2.24) is 14.7 Å². The van der Waals surface area contributed by atoms with E-state index in [-0.39, 0.29) is 11.8 Å². The van der Waals surface area contributed by atoms with E-state index in [1.807, 2.05) is 70.5 Å². The first kappa shape index (κ1) is 22.5. The van der Waals surface area contributed by atoms with Crippen LogP contribution < -0.4 is 0 Å². The Morgan fingerprint density at radius 2 is 1.17 bits per heavy atom. The third kappa shape index (κ3) is 4.38. The van der Waals surface area contributed by atoms with Gasteiger partial charge in [-0.15, -0.1) is 0 Å². The highest BCUT2D eigenvalue weighted by atomic mass is 16.2. The summed E-state index contributed by atoms with van der Waals surface area (Å²) in [6.45, 7) is 4.66. The van der Waals surface area contributed by atoms with Gasteiger partial charge in [-0.2, -0.15) is 0 Å². The number of carbonyl (C=O) groups excluding carboxylic acids is 2. The predicted molar refractivity (Wildman–Crippen MR) is 143 cm³/mol. The van der Waals surface area contributed by atoms with Crippen molar-refractivity contribution in [3.8, 4) is 11.1 Å². The molecular weight excluding hydrogens is 446 g/mol. The first-order valence-corrected chi connectivity index (χ1v) is 12.6. The lowest BCUT2D eigenvalue weighted by atomic mass is 9.98. The van der Waals surface area contributed by atoms with Gasteiger partial charge in [-0.3, -0.25) is 14.5 Å². The second-order valence-corrected chi connectivity index (χ2v) is 9.70. The van der Waals surface area contributed by atoms with E-state index in [0.29, 0.717) is 6.04 Å². The fourth-order valence-electron chi connectivity index (χ4n) is 5.28.